The van der Waals surface area contributed by atoms with Crippen molar-refractivity contribution in [3.63, 3.8) is 0 Å². The molecule has 2 amide bonds. The fourth-order valence-corrected chi connectivity index (χ4v) is 4.56. The van der Waals surface area contributed by atoms with Crippen molar-refractivity contribution in [3.05, 3.63) is 59.7 Å². The van der Waals surface area contributed by atoms with Gasteiger partial charge < -0.3 is 19.9 Å². The summed E-state index contributed by atoms with van der Waals surface area (Å²) in [6.45, 7) is 3.75. The number of ether oxygens (including phenoxy) is 1. The van der Waals surface area contributed by atoms with Gasteiger partial charge in [-0.05, 0) is 61.6 Å². The summed E-state index contributed by atoms with van der Waals surface area (Å²) >= 11 is 0. The first-order valence-electron chi connectivity index (χ1n) is 11.2. The van der Waals surface area contributed by atoms with Crippen LogP contribution in [-0.4, -0.2) is 56.5 Å². The van der Waals surface area contributed by atoms with Crippen LogP contribution >= 0.6 is 0 Å². The van der Waals surface area contributed by atoms with Gasteiger partial charge in [-0.25, -0.2) is 0 Å². The number of amides is 2. The summed E-state index contributed by atoms with van der Waals surface area (Å²) in [6.07, 6.45) is 3.71. The third kappa shape index (κ3) is 5.01. The number of hydrogen-bond donors (Lipinski definition) is 1. The Kier molecular flexibility index (Phi) is 6.75. The minimum absolute atomic E-state index is 0.0188. The summed E-state index contributed by atoms with van der Waals surface area (Å²) in [5, 5.41) is 3.12. The molecule has 0 unspecified atom stereocenters. The lowest BCUT2D eigenvalue weighted by atomic mass is 9.95. The number of anilines is 1. The fourth-order valence-electron chi connectivity index (χ4n) is 4.56. The summed E-state index contributed by atoms with van der Waals surface area (Å²) < 4.78 is 5.15. The van der Waals surface area contributed by atoms with Gasteiger partial charge in [0, 0.05) is 49.9 Å². The molecule has 4 rings (SSSR count). The van der Waals surface area contributed by atoms with E-state index in [1.807, 2.05) is 4.90 Å². The van der Waals surface area contributed by atoms with E-state index in [1.54, 1.807) is 31.4 Å². The molecular weight excluding hydrogens is 390 g/mol. The number of hydrogen-bond acceptors (Lipinski definition) is 4. The van der Waals surface area contributed by atoms with Gasteiger partial charge in [0.1, 0.15) is 5.75 Å². The molecule has 2 aromatic carbocycles. The minimum Gasteiger partial charge on any atom is -0.497 e. The maximum Gasteiger partial charge on any atom is 0.253 e. The SMILES string of the molecule is COc1ccc(C(=O)N2CCC(C(=O)NCCN3CCCc4ccccc43)CC2)cc1. The molecule has 1 N–H and O–H groups in total. The predicted octanol–water partition coefficient (Wildman–Crippen LogP) is 3.12. The van der Waals surface area contributed by atoms with Crippen molar-refractivity contribution in [1.29, 1.82) is 0 Å². The highest BCUT2D eigenvalue weighted by molar-refractivity contribution is 5.94. The van der Waals surface area contributed by atoms with Crippen molar-refractivity contribution < 1.29 is 14.3 Å². The molecule has 1 saturated heterocycles. The molecule has 6 heteroatoms. The van der Waals surface area contributed by atoms with Crippen molar-refractivity contribution in [2.75, 3.05) is 44.7 Å². The van der Waals surface area contributed by atoms with Gasteiger partial charge in [0.15, 0.2) is 0 Å². The molecule has 0 spiro atoms. The van der Waals surface area contributed by atoms with E-state index < -0.39 is 0 Å². The lowest BCUT2D eigenvalue weighted by Crippen LogP contribution is -2.44. The number of aryl methyl sites for hydroxylation is 1. The Hall–Kier alpha value is -3.02. The van der Waals surface area contributed by atoms with Gasteiger partial charge >= 0.3 is 0 Å². The van der Waals surface area contributed by atoms with Crippen LogP contribution in [0.4, 0.5) is 5.69 Å². The Labute approximate surface area is 184 Å². The molecule has 2 aromatic rings. The summed E-state index contributed by atoms with van der Waals surface area (Å²) in [7, 11) is 1.61. The number of piperidine rings is 1. The predicted molar refractivity (Wildman–Crippen MR) is 122 cm³/mol. The minimum atomic E-state index is -0.0199. The number of benzene rings is 2. The molecule has 0 aliphatic carbocycles. The zero-order valence-corrected chi connectivity index (χ0v) is 18.2. The Morgan fingerprint density at radius 2 is 1.77 bits per heavy atom. The zero-order valence-electron chi connectivity index (χ0n) is 18.2. The molecule has 0 radical (unpaired) electrons. The molecule has 31 heavy (non-hydrogen) atoms. The van der Waals surface area contributed by atoms with Gasteiger partial charge in [-0.15, -0.1) is 0 Å². The second-order valence-electron chi connectivity index (χ2n) is 8.31. The smallest absolute Gasteiger partial charge is 0.253 e. The number of carbonyl (C=O) groups excluding carboxylic acids is 2. The number of fused-ring (bicyclic) bond motifs is 1. The largest absolute Gasteiger partial charge is 0.497 e. The Balaban J connectivity index is 1.22. The lowest BCUT2D eigenvalue weighted by molar-refractivity contribution is -0.126. The summed E-state index contributed by atoms with van der Waals surface area (Å²) in [5.74, 6) is 0.848. The Bertz CT molecular complexity index is 904. The average Bonchev–Trinajstić information content (AvgIpc) is 2.84. The van der Waals surface area contributed by atoms with Crippen molar-refractivity contribution >= 4 is 17.5 Å². The Morgan fingerprint density at radius 1 is 1.03 bits per heavy atom. The number of nitrogens with zero attached hydrogens (tertiary/aromatic N) is 2. The highest BCUT2D eigenvalue weighted by atomic mass is 16.5. The van der Waals surface area contributed by atoms with Gasteiger partial charge in [-0.3, -0.25) is 9.59 Å². The maximum absolute atomic E-state index is 12.7. The first-order valence-corrected chi connectivity index (χ1v) is 11.2. The molecule has 0 atom stereocenters. The van der Waals surface area contributed by atoms with Crippen LogP contribution in [0.5, 0.6) is 5.75 Å². The van der Waals surface area contributed by atoms with Crippen molar-refractivity contribution in [1.82, 2.24) is 10.2 Å². The fraction of sp³-hybridized carbons (Fsp3) is 0.440. The molecular formula is C25H31N3O3. The molecule has 2 aliphatic rings. The van der Waals surface area contributed by atoms with E-state index in [9.17, 15) is 9.59 Å². The molecule has 0 bridgehead atoms. The first-order chi connectivity index (χ1) is 15.2. The number of nitrogens with one attached hydrogen (secondary N) is 1. The van der Waals surface area contributed by atoms with Crippen LogP contribution in [0, 0.1) is 5.92 Å². The van der Waals surface area contributed by atoms with E-state index in [4.69, 9.17) is 4.74 Å². The van der Waals surface area contributed by atoms with Gasteiger partial charge in [0.05, 0.1) is 7.11 Å². The molecule has 2 aliphatic heterocycles. The number of carbonyl (C=O) groups is 2. The van der Waals surface area contributed by atoms with Crippen LogP contribution in [0.25, 0.3) is 0 Å². The van der Waals surface area contributed by atoms with Gasteiger partial charge in [0.2, 0.25) is 5.91 Å². The highest BCUT2D eigenvalue weighted by Crippen LogP contribution is 2.26. The van der Waals surface area contributed by atoms with Crippen LogP contribution < -0.4 is 15.0 Å². The molecule has 0 saturated carbocycles. The molecule has 0 aromatic heterocycles. The standard InChI is InChI=1S/C25H31N3O3/c1-31-22-10-8-21(9-11-22)25(30)28-16-12-20(13-17-28)24(29)26-14-18-27-15-4-6-19-5-2-3-7-23(19)27/h2-3,5,7-11,20H,4,6,12-18H2,1H3,(H,26,29). The maximum atomic E-state index is 12.7. The molecule has 164 valence electrons. The average molecular weight is 422 g/mol. The summed E-state index contributed by atoms with van der Waals surface area (Å²) in [6, 6.07) is 15.7. The third-order valence-electron chi connectivity index (χ3n) is 6.38. The van der Waals surface area contributed by atoms with E-state index >= 15 is 0 Å². The monoisotopic (exact) mass is 421 g/mol. The normalized spacial score (nSPS) is 16.5. The van der Waals surface area contributed by atoms with Crippen LogP contribution in [-0.2, 0) is 11.2 Å². The second-order valence-corrected chi connectivity index (χ2v) is 8.31. The highest BCUT2D eigenvalue weighted by Gasteiger charge is 2.28. The van der Waals surface area contributed by atoms with Crippen molar-refractivity contribution in [3.8, 4) is 5.75 Å². The zero-order chi connectivity index (χ0) is 21.6. The molecule has 2 heterocycles. The Morgan fingerprint density at radius 3 is 2.52 bits per heavy atom. The van der Waals surface area contributed by atoms with E-state index in [0.717, 1.165) is 31.7 Å². The van der Waals surface area contributed by atoms with Crippen LogP contribution in [0.15, 0.2) is 48.5 Å². The summed E-state index contributed by atoms with van der Waals surface area (Å²) in [5.41, 5.74) is 3.35. The van der Waals surface area contributed by atoms with Crippen LogP contribution in [0.3, 0.4) is 0 Å². The van der Waals surface area contributed by atoms with Crippen molar-refractivity contribution in [2.24, 2.45) is 5.92 Å². The molecule has 1 fully saturated rings. The quantitative estimate of drug-likeness (QED) is 0.779. The van der Waals surface area contributed by atoms with Crippen LogP contribution in [0.2, 0.25) is 0 Å². The number of rotatable bonds is 6. The van der Waals surface area contributed by atoms with Crippen LogP contribution in [0.1, 0.15) is 35.2 Å². The van der Waals surface area contributed by atoms with E-state index in [-0.39, 0.29) is 17.7 Å². The topological polar surface area (TPSA) is 61.9 Å². The van der Waals surface area contributed by atoms with E-state index in [2.05, 4.69) is 34.5 Å². The van der Waals surface area contributed by atoms with E-state index in [0.29, 0.717) is 38.0 Å². The first kappa shape index (κ1) is 21.2. The van der Waals surface area contributed by atoms with Gasteiger partial charge in [-0.1, -0.05) is 18.2 Å². The van der Waals surface area contributed by atoms with Gasteiger partial charge in [-0.2, -0.15) is 0 Å². The van der Waals surface area contributed by atoms with Crippen molar-refractivity contribution in [2.45, 2.75) is 25.7 Å². The number of para-hydroxylation sites is 1. The second kappa shape index (κ2) is 9.86. The number of methoxy groups -OCH3 is 1. The van der Waals surface area contributed by atoms with E-state index in [1.165, 1.54) is 11.3 Å². The lowest BCUT2D eigenvalue weighted by Gasteiger charge is -2.33. The number of likely N-dealkylation sites (tertiary alicyclic amines) is 1. The van der Waals surface area contributed by atoms with Gasteiger partial charge in [0.25, 0.3) is 5.91 Å². The summed E-state index contributed by atoms with van der Waals surface area (Å²) in [4.78, 5) is 29.6. The molecule has 6 nitrogen and oxygen atoms in total. The third-order valence-corrected chi connectivity index (χ3v) is 6.38.